The lowest BCUT2D eigenvalue weighted by molar-refractivity contribution is -0.116. The summed E-state index contributed by atoms with van der Waals surface area (Å²) < 4.78 is 22.4. The Labute approximate surface area is 318 Å². The Morgan fingerprint density at radius 3 is 1.89 bits per heavy atom. The van der Waals surface area contributed by atoms with Crippen molar-refractivity contribution >= 4 is 19.5 Å². The number of aliphatic hydroxyl groups excluding tert-OH is 1. The molecule has 2 atom stereocenters. The van der Waals surface area contributed by atoms with Crippen molar-refractivity contribution < 1.29 is 33.5 Å². The fraction of sp³-hybridized carbons (Fsp3) is 0.625. The maximum Gasteiger partial charge on any atom is 0.469 e. The molecule has 1 saturated heterocycles. The number of rotatable bonds is 22. The molecule has 300 valence electrons. The number of aliphatic hydroxyl groups is 1. The molecule has 2 rings (SSSR count). The number of nitrogens with one attached hydrogen (secondary N) is 1. The first-order chi connectivity index (χ1) is 25.0. The van der Waals surface area contributed by atoms with Crippen LogP contribution in [0.15, 0.2) is 75.3 Å². The molecule has 0 spiro atoms. The molecule has 0 aromatic carbocycles. The van der Waals surface area contributed by atoms with Crippen molar-refractivity contribution in [3.8, 4) is 0 Å². The van der Waals surface area contributed by atoms with Crippen LogP contribution in [0.25, 0.3) is 0 Å². The molecule has 12 nitrogen and oxygen atoms in total. The Morgan fingerprint density at radius 2 is 1.42 bits per heavy atom. The van der Waals surface area contributed by atoms with Crippen molar-refractivity contribution in [1.29, 1.82) is 0 Å². The zero-order valence-electron chi connectivity index (χ0n) is 33.5. The summed E-state index contributed by atoms with van der Waals surface area (Å²) in [7, 11) is -0.735. The summed E-state index contributed by atoms with van der Waals surface area (Å²) in [5, 5.41) is 10.9. The van der Waals surface area contributed by atoms with Gasteiger partial charge in [0.15, 0.2) is 0 Å². The Balaban J connectivity index is 0.00000215. The summed E-state index contributed by atoms with van der Waals surface area (Å²) in [6.45, 7) is 13.7. The SMILES string of the molecule is CC(C)=CCC/C(C)=C/CC/C(C)=C/CC/C=C(/C)CC/C=C(\C)CCC(=O)Nc1ccn([C@H]2CC[C@@H](COP(=O)(O)O)O2)c(=O)n1.CN(C)CCO. The van der Waals surface area contributed by atoms with Crippen molar-refractivity contribution in [1.82, 2.24) is 14.5 Å². The quantitative estimate of drug-likeness (QED) is 0.0515. The van der Waals surface area contributed by atoms with Gasteiger partial charge in [0.1, 0.15) is 12.0 Å². The third-order valence-electron chi connectivity index (χ3n) is 8.52. The maximum atomic E-state index is 12.5. The number of ether oxygens (including phenoxy) is 1. The molecule has 53 heavy (non-hydrogen) atoms. The standard InChI is InChI=1S/C36H56N3O7P.C4H11NO/c1-27(2)12-9-15-30(5)18-10-16-28(3)13-7-8-14-29(4)17-11-19-31(6)20-22-34(40)37-33-24-25-39(36(41)38-33)35-23-21-32(46-35)26-45-47(42,43)44;1-5(2)3-4-6/h12-14,18-19,24-25,32,35H,7-11,15-17,20-23,26H2,1-6H3,(H2,42,43,44)(H,37,38,40,41);6H,3-4H2,1-2H3/b28-13+,29-14-,30-18+,31-19+;/t32-,35+;/m0./s1. The van der Waals surface area contributed by atoms with Gasteiger partial charge in [-0.25, -0.2) is 9.36 Å². The zero-order valence-corrected chi connectivity index (χ0v) is 34.4. The van der Waals surface area contributed by atoms with Crippen LogP contribution in [0.2, 0.25) is 0 Å². The minimum atomic E-state index is -4.59. The van der Waals surface area contributed by atoms with Crippen LogP contribution in [0.5, 0.6) is 0 Å². The number of nitrogens with zero attached hydrogens (tertiary/aromatic N) is 3. The molecule has 4 N–H and O–H groups in total. The molecule has 1 amide bonds. The van der Waals surface area contributed by atoms with E-state index in [1.165, 1.54) is 39.1 Å². The molecule has 1 aromatic heterocycles. The molecule has 2 heterocycles. The predicted octanol–water partition coefficient (Wildman–Crippen LogP) is 8.16. The smallest absolute Gasteiger partial charge is 0.395 e. The van der Waals surface area contributed by atoms with Crippen molar-refractivity contribution in [3.63, 3.8) is 0 Å². The van der Waals surface area contributed by atoms with Crippen molar-refractivity contribution in [2.24, 2.45) is 0 Å². The summed E-state index contributed by atoms with van der Waals surface area (Å²) in [6, 6.07) is 1.53. The average molecular weight is 763 g/mol. The molecule has 0 bridgehead atoms. The highest BCUT2D eigenvalue weighted by Gasteiger charge is 2.29. The van der Waals surface area contributed by atoms with Crippen LogP contribution >= 0.6 is 7.82 Å². The maximum absolute atomic E-state index is 12.5. The normalized spacial score (nSPS) is 17.1. The van der Waals surface area contributed by atoms with Crippen LogP contribution in [0.1, 0.15) is 125 Å². The highest BCUT2D eigenvalue weighted by Crippen LogP contribution is 2.38. The van der Waals surface area contributed by atoms with E-state index in [-0.39, 0.29) is 31.4 Å². The van der Waals surface area contributed by atoms with E-state index in [0.717, 1.165) is 63.5 Å². The van der Waals surface area contributed by atoms with Gasteiger partial charge in [0.2, 0.25) is 5.91 Å². The van der Waals surface area contributed by atoms with Crippen LogP contribution < -0.4 is 11.0 Å². The van der Waals surface area contributed by atoms with Crippen molar-refractivity contribution in [3.05, 3.63) is 81.0 Å². The molecular formula is C40H67N4O8P. The number of hydrogen-bond acceptors (Lipinski definition) is 8. The molecule has 1 aliphatic heterocycles. The van der Waals surface area contributed by atoms with Gasteiger partial charge < -0.3 is 29.8 Å². The number of amides is 1. The van der Waals surface area contributed by atoms with E-state index >= 15 is 0 Å². The molecule has 0 aliphatic carbocycles. The number of anilines is 1. The van der Waals surface area contributed by atoms with Crippen LogP contribution in [0.4, 0.5) is 5.82 Å². The fourth-order valence-electron chi connectivity index (χ4n) is 5.36. The summed E-state index contributed by atoms with van der Waals surface area (Å²) >= 11 is 0. The number of aromatic nitrogens is 2. The van der Waals surface area contributed by atoms with E-state index in [9.17, 15) is 14.2 Å². The number of allylic oxidation sites excluding steroid dienone is 10. The Bertz CT molecular complexity index is 1500. The summed E-state index contributed by atoms with van der Waals surface area (Å²) in [4.78, 5) is 48.6. The first-order valence-electron chi connectivity index (χ1n) is 18.7. The van der Waals surface area contributed by atoms with E-state index < -0.39 is 25.8 Å². The first-order valence-corrected chi connectivity index (χ1v) is 20.3. The number of hydrogen-bond donors (Lipinski definition) is 4. The largest absolute Gasteiger partial charge is 0.469 e. The lowest BCUT2D eigenvalue weighted by Crippen LogP contribution is -2.28. The second kappa shape index (κ2) is 26.8. The van der Waals surface area contributed by atoms with Gasteiger partial charge in [0.05, 0.1) is 19.3 Å². The van der Waals surface area contributed by atoms with Crippen LogP contribution in [0.3, 0.4) is 0 Å². The highest BCUT2D eigenvalue weighted by molar-refractivity contribution is 7.46. The van der Waals surface area contributed by atoms with E-state index in [2.05, 4.69) is 79.8 Å². The van der Waals surface area contributed by atoms with E-state index in [1.54, 1.807) is 0 Å². The van der Waals surface area contributed by atoms with E-state index in [4.69, 9.17) is 19.6 Å². The summed E-state index contributed by atoms with van der Waals surface area (Å²) in [6.07, 6.45) is 22.3. The number of carbonyl (C=O) groups is 1. The second-order valence-electron chi connectivity index (χ2n) is 14.3. The van der Waals surface area contributed by atoms with Gasteiger partial charge in [0, 0.05) is 19.2 Å². The number of likely N-dealkylation sites (N-methyl/N-ethyl adjacent to an activating group) is 1. The van der Waals surface area contributed by atoms with Gasteiger partial charge in [-0.1, -0.05) is 58.2 Å². The van der Waals surface area contributed by atoms with Crippen LogP contribution in [-0.2, 0) is 18.6 Å². The Morgan fingerprint density at radius 1 is 0.887 bits per heavy atom. The predicted molar refractivity (Wildman–Crippen MR) is 215 cm³/mol. The second-order valence-corrected chi connectivity index (χ2v) is 15.6. The third-order valence-corrected chi connectivity index (χ3v) is 9.01. The van der Waals surface area contributed by atoms with Crippen molar-refractivity contribution in [2.75, 3.05) is 39.2 Å². The van der Waals surface area contributed by atoms with Crippen LogP contribution in [0, 0.1) is 0 Å². The number of phosphoric acid groups is 1. The first kappa shape index (κ1) is 48.1. The Hall–Kier alpha value is -2.96. The number of unbranched alkanes of at least 4 members (excludes halogenated alkanes) is 1. The van der Waals surface area contributed by atoms with Gasteiger partial charge in [-0.05, 0) is 132 Å². The molecule has 1 fully saturated rings. The van der Waals surface area contributed by atoms with Crippen molar-refractivity contribution in [2.45, 2.75) is 131 Å². The topological polar surface area (TPSA) is 163 Å². The highest BCUT2D eigenvalue weighted by atomic mass is 31.2. The molecular weight excluding hydrogens is 695 g/mol. The average Bonchev–Trinajstić information content (AvgIpc) is 3.53. The Kier molecular flexibility index (Phi) is 24.3. The summed E-state index contributed by atoms with van der Waals surface area (Å²) in [5.41, 5.74) is 6.25. The van der Waals surface area contributed by atoms with Gasteiger partial charge in [-0.3, -0.25) is 13.9 Å². The van der Waals surface area contributed by atoms with Gasteiger partial charge in [-0.15, -0.1) is 0 Å². The van der Waals surface area contributed by atoms with E-state index in [0.29, 0.717) is 19.3 Å². The van der Waals surface area contributed by atoms with Gasteiger partial charge in [0.25, 0.3) is 0 Å². The minimum Gasteiger partial charge on any atom is -0.395 e. The zero-order chi connectivity index (χ0) is 39.8. The lowest BCUT2D eigenvalue weighted by atomic mass is 10.0. The molecule has 0 saturated carbocycles. The lowest BCUT2D eigenvalue weighted by Gasteiger charge is -2.16. The summed E-state index contributed by atoms with van der Waals surface area (Å²) in [5.74, 6) is -0.0556. The number of phosphoric ester groups is 1. The molecule has 13 heteroatoms. The molecule has 1 aliphatic rings. The molecule has 0 unspecified atom stereocenters. The monoisotopic (exact) mass is 762 g/mol. The molecule has 0 radical (unpaired) electrons. The van der Waals surface area contributed by atoms with E-state index in [1.807, 2.05) is 25.9 Å². The van der Waals surface area contributed by atoms with Crippen LogP contribution in [-0.4, -0.2) is 75.2 Å². The number of carbonyl (C=O) groups excluding carboxylic acids is 1. The third kappa shape index (κ3) is 24.9. The van der Waals surface area contributed by atoms with Gasteiger partial charge in [-0.2, -0.15) is 4.98 Å². The molecule has 1 aromatic rings. The van der Waals surface area contributed by atoms with Gasteiger partial charge >= 0.3 is 13.5 Å². The minimum absolute atomic E-state index is 0.167. The fourth-order valence-corrected chi connectivity index (χ4v) is 5.72.